The molecule has 0 amide bonds. The Labute approximate surface area is 228 Å². The van der Waals surface area contributed by atoms with Crippen molar-refractivity contribution in [1.82, 2.24) is 19.2 Å². The van der Waals surface area contributed by atoms with E-state index in [0.717, 1.165) is 16.8 Å². The molecule has 202 valence electrons. The molecule has 1 N–H and O–H groups in total. The number of fused-ring (bicyclic) bond motifs is 2. The number of oxime groups is 1. The first-order valence-corrected chi connectivity index (χ1v) is 13.0. The Bertz CT molecular complexity index is 1810. The minimum absolute atomic E-state index is 0.0312. The molecule has 2 aromatic carbocycles. The van der Waals surface area contributed by atoms with Gasteiger partial charge in [0.25, 0.3) is 5.56 Å². The zero-order valence-corrected chi connectivity index (χ0v) is 21.7. The number of carboxylic acid groups (broad SMARTS) is 1. The van der Waals surface area contributed by atoms with Crippen LogP contribution < -0.4 is 5.56 Å². The highest BCUT2D eigenvalue weighted by Crippen LogP contribution is 2.36. The van der Waals surface area contributed by atoms with Gasteiger partial charge in [0, 0.05) is 31.0 Å². The molecule has 0 unspecified atom stereocenters. The van der Waals surface area contributed by atoms with Gasteiger partial charge in [-0.25, -0.2) is 13.9 Å². The third-order valence-corrected chi connectivity index (χ3v) is 7.17. The third kappa shape index (κ3) is 4.72. The van der Waals surface area contributed by atoms with Crippen molar-refractivity contribution in [3.8, 4) is 5.69 Å². The van der Waals surface area contributed by atoms with E-state index in [1.807, 2.05) is 49.5 Å². The zero-order chi connectivity index (χ0) is 27.9. The fourth-order valence-electron chi connectivity index (χ4n) is 5.02. The molecule has 1 aliphatic heterocycles. The highest BCUT2D eigenvalue weighted by Gasteiger charge is 2.39. The predicted molar refractivity (Wildman–Crippen MR) is 147 cm³/mol. The van der Waals surface area contributed by atoms with E-state index >= 15 is 0 Å². The normalized spacial score (nSPS) is 16.8. The van der Waals surface area contributed by atoms with Crippen molar-refractivity contribution >= 4 is 28.1 Å². The van der Waals surface area contributed by atoms with Crippen molar-refractivity contribution in [3.63, 3.8) is 0 Å². The van der Waals surface area contributed by atoms with Gasteiger partial charge in [-0.1, -0.05) is 17.3 Å². The third-order valence-electron chi connectivity index (χ3n) is 7.17. The molecule has 10 heteroatoms. The second kappa shape index (κ2) is 10.0. The van der Waals surface area contributed by atoms with Gasteiger partial charge in [-0.3, -0.25) is 14.2 Å². The maximum absolute atomic E-state index is 13.7. The summed E-state index contributed by atoms with van der Waals surface area (Å²) in [5.74, 6) is -0.804. The van der Waals surface area contributed by atoms with E-state index in [2.05, 4.69) is 10.3 Å². The Hall–Kier alpha value is -4.86. The Morgan fingerprint density at radius 2 is 1.93 bits per heavy atom. The summed E-state index contributed by atoms with van der Waals surface area (Å²) in [7, 11) is 0. The molecule has 4 heterocycles. The Kier molecular flexibility index (Phi) is 6.37. The van der Waals surface area contributed by atoms with Crippen molar-refractivity contribution in [2.75, 3.05) is 0 Å². The zero-order valence-electron chi connectivity index (χ0n) is 21.7. The quantitative estimate of drug-likeness (QED) is 0.278. The number of halogens is 1. The van der Waals surface area contributed by atoms with E-state index in [9.17, 15) is 14.0 Å². The Balaban J connectivity index is 1.34. The number of carboxylic acids is 1. The van der Waals surface area contributed by atoms with E-state index in [1.165, 1.54) is 28.8 Å². The van der Waals surface area contributed by atoms with Crippen LogP contribution in [0.2, 0.25) is 0 Å². The highest BCUT2D eigenvalue weighted by atomic mass is 19.1. The van der Waals surface area contributed by atoms with Crippen LogP contribution in [0.25, 0.3) is 22.1 Å². The Morgan fingerprint density at radius 1 is 1.10 bits per heavy atom. The number of hydrogen-bond acceptors (Lipinski definition) is 6. The van der Waals surface area contributed by atoms with Crippen LogP contribution in [0, 0.1) is 5.82 Å². The van der Waals surface area contributed by atoms with Crippen LogP contribution in [0.4, 0.5) is 4.39 Å². The number of nitrogens with zero attached hydrogens (tertiary/aromatic N) is 5. The topological polar surface area (TPSA) is 111 Å². The van der Waals surface area contributed by atoms with Gasteiger partial charge >= 0.3 is 5.97 Å². The van der Waals surface area contributed by atoms with Crippen LogP contribution in [0.15, 0.2) is 82.9 Å². The van der Waals surface area contributed by atoms with Crippen LogP contribution >= 0.6 is 0 Å². The molecule has 0 radical (unpaired) electrons. The van der Waals surface area contributed by atoms with Gasteiger partial charge in [0.05, 0.1) is 27.8 Å². The summed E-state index contributed by atoms with van der Waals surface area (Å²) >= 11 is 0. The number of rotatable bonds is 8. The second-order valence-electron chi connectivity index (χ2n) is 10.1. The number of aryl methyl sites for hydroxylation is 1. The molecule has 0 bridgehead atoms. The van der Waals surface area contributed by atoms with Gasteiger partial charge in [0.1, 0.15) is 17.3 Å². The van der Waals surface area contributed by atoms with E-state index in [0.29, 0.717) is 53.8 Å². The van der Waals surface area contributed by atoms with Gasteiger partial charge in [-0.05, 0) is 74.4 Å². The van der Waals surface area contributed by atoms with Crippen LogP contribution in [-0.4, -0.2) is 36.0 Å². The van der Waals surface area contributed by atoms with Gasteiger partial charge < -0.3 is 9.94 Å². The first-order chi connectivity index (χ1) is 19.3. The molecule has 5 aromatic rings. The van der Waals surface area contributed by atoms with Gasteiger partial charge in [-0.2, -0.15) is 5.10 Å². The molecule has 6 rings (SSSR count). The minimum atomic E-state index is -0.873. The van der Waals surface area contributed by atoms with Gasteiger partial charge in [0.2, 0.25) is 0 Å². The fraction of sp³-hybridized carbons (Fsp3) is 0.233. The highest BCUT2D eigenvalue weighted by molar-refractivity contribution is 6.04. The van der Waals surface area contributed by atoms with Crippen LogP contribution in [0.1, 0.15) is 49.7 Å². The molecule has 3 aromatic heterocycles. The van der Waals surface area contributed by atoms with E-state index in [1.54, 1.807) is 10.6 Å². The van der Waals surface area contributed by atoms with Crippen LogP contribution in [0.3, 0.4) is 0 Å². The van der Waals surface area contributed by atoms with Gasteiger partial charge in [-0.15, -0.1) is 0 Å². The molecular weight excluding hydrogens is 513 g/mol. The van der Waals surface area contributed by atoms with E-state index < -0.39 is 17.4 Å². The lowest BCUT2D eigenvalue weighted by Gasteiger charge is -2.18. The van der Waals surface area contributed by atoms with E-state index in [4.69, 9.17) is 14.9 Å². The van der Waals surface area contributed by atoms with Crippen LogP contribution in [0.5, 0.6) is 0 Å². The number of pyridine rings is 1. The average Bonchev–Trinajstić information content (AvgIpc) is 3.57. The van der Waals surface area contributed by atoms with Crippen molar-refractivity contribution < 1.29 is 19.1 Å². The molecule has 1 aliphatic rings. The first kappa shape index (κ1) is 25.4. The van der Waals surface area contributed by atoms with Crippen LogP contribution in [-0.2, 0) is 21.7 Å². The van der Waals surface area contributed by atoms with Crippen molar-refractivity contribution in [2.45, 2.75) is 44.6 Å². The van der Waals surface area contributed by atoms with Gasteiger partial charge in [0.15, 0.2) is 5.60 Å². The molecule has 0 aliphatic carbocycles. The Morgan fingerprint density at radius 3 is 2.70 bits per heavy atom. The number of aromatic nitrogens is 4. The van der Waals surface area contributed by atoms with Crippen molar-refractivity contribution in [3.05, 3.63) is 106 Å². The number of unbranched alkanes of at least 4 members (excludes halogenated alkanes) is 1. The molecule has 0 fully saturated rings. The SMILES string of the molecule is C[C@]1(c2cc3ccccn3n2)CC(c2ccc3c(=O)n(-c4ccc(F)cc4)c(CCCCC(=O)O)nc3c2)=NO1. The largest absolute Gasteiger partial charge is 0.481 e. The lowest BCUT2D eigenvalue weighted by molar-refractivity contribution is -0.137. The van der Waals surface area contributed by atoms with Crippen molar-refractivity contribution in [1.29, 1.82) is 0 Å². The summed E-state index contributed by atoms with van der Waals surface area (Å²) in [6.07, 6.45) is 3.76. The first-order valence-electron chi connectivity index (χ1n) is 13.0. The standard InChI is InChI=1S/C30H26FN5O4/c1-30(26-17-22-6-4-5-15-35(22)33-26)18-25(34-40-30)19-9-14-23-24(16-19)32-27(7-2-3-8-28(37)38)36(29(23)39)21-12-10-20(31)11-13-21/h4-6,9-17H,2-3,7-8,18H2,1H3,(H,37,38)/t30-/m1/s1. The molecule has 9 nitrogen and oxygen atoms in total. The minimum Gasteiger partial charge on any atom is -0.481 e. The maximum atomic E-state index is 13.7. The molecule has 40 heavy (non-hydrogen) atoms. The summed E-state index contributed by atoms with van der Waals surface area (Å²) in [4.78, 5) is 35.3. The lowest BCUT2D eigenvalue weighted by atomic mass is 9.92. The summed E-state index contributed by atoms with van der Waals surface area (Å²) in [6.45, 7) is 1.95. The maximum Gasteiger partial charge on any atom is 0.303 e. The molecule has 1 atom stereocenters. The molecular formula is C30H26FN5O4. The summed E-state index contributed by atoms with van der Waals surface area (Å²) < 4.78 is 16.9. The average molecular weight is 540 g/mol. The second-order valence-corrected chi connectivity index (χ2v) is 10.1. The fourth-order valence-corrected chi connectivity index (χ4v) is 5.02. The lowest BCUT2D eigenvalue weighted by Crippen LogP contribution is -2.24. The van der Waals surface area contributed by atoms with E-state index in [-0.39, 0.29) is 12.0 Å². The molecule has 0 saturated carbocycles. The number of benzene rings is 2. The summed E-state index contributed by atoms with van der Waals surface area (Å²) in [5, 5.41) is 18.4. The number of carbonyl (C=O) groups is 1. The monoisotopic (exact) mass is 539 g/mol. The predicted octanol–water partition coefficient (Wildman–Crippen LogP) is 5.01. The number of aliphatic carboxylic acids is 1. The molecule has 0 spiro atoms. The summed E-state index contributed by atoms with van der Waals surface area (Å²) in [6, 6.07) is 18.8. The number of hydrogen-bond donors (Lipinski definition) is 1. The molecule has 0 saturated heterocycles. The van der Waals surface area contributed by atoms with Crippen molar-refractivity contribution in [2.24, 2.45) is 5.16 Å². The smallest absolute Gasteiger partial charge is 0.303 e. The summed E-state index contributed by atoms with van der Waals surface area (Å²) in [5.41, 5.74) is 3.19.